The lowest BCUT2D eigenvalue weighted by atomic mass is 9.60. The third-order valence-electron chi connectivity index (χ3n) is 7.29. The lowest BCUT2D eigenvalue weighted by molar-refractivity contribution is 0.0967. The van der Waals surface area contributed by atoms with Crippen LogP contribution in [0.1, 0.15) is 69.5 Å². The SMILES string of the molecule is [2H]C([2H])([2H])c1cnc(-c2cccc3c2oc2c4ccccc4ccc32)cc1C1([2H])CC(C)(C)CC(C)(C)C1. The Morgan fingerprint density at radius 1 is 0.882 bits per heavy atom. The number of furan rings is 1. The summed E-state index contributed by atoms with van der Waals surface area (Å²) in [5, 5.41) is 4.19. The maximum absolute atomic E-state index is 9.69. The first kappa shape index (κ1) is 17.3. The Balaban J connectivity index is 1.59. The Morgan fingerprint density at radius 3 is 2.41 bits per heavy atom. The number of fused-ring (bicyclic) bond motifs is 5. The van der Waals surface area contributed by atoms with Crippen molar-refractivity contribution in [1.82, 2.24) is 4.98 Å². The van der Waals surface area contributed by atoms with Crippen molar-refractivity contribution in [1.29, 1.82) is 0 Å². The van der Waals surface area contributed by atoms with E-state index in [1.54, 1.807) is 0 Å². The number of benzene rings is 3. The highest BCUT2D eigenvalue weighted by Gasteiger charge is 2.39. The molecule has 2 heterocycles. The summed E-state index contributed by atoms with van der Waals surface area (Å²) in [6.45, 7) is 6.40. The Morgan fingerprint density at radius 2 is 1.62 bits per heavy atom. The average molecular weight is 452 g/mol. The van der Waals surface area contributed by atoms with Gasteiger partial charge in [0, 0.05) is 33.4 Å². The van der Waals surface area contributed by atoms with Gasteiger partial charge in [-0.25, -0.2) is 0 Å². The van der Waals surface area contributed by atoms with Crippen LogP contribution < -0.4 is 0 Å². The van der Waals surface area contributed by atoms with E-state index in [2.05, 4.69) is 63.0 Å². The van der Waals surface area contributed by atoms with E-state index in [1.807, 2.05) is 30.3 Å². The Bertz CT molecular complexity index is 1690. The average Bonchev–Trinajstić information content (AvgIpc) is 3.20. The van der Waals surface area contributed by atoms with Crippen LogP contribution in [0, 0.1) is 17.7 Å². The van der Waals surface area contributed by atoms with Gasteiger partial charge in [-0.15, -0.1) is 0 Å². The van der Waals surface area contributed by atoms with Gasteiger partial charge in [0.1, 0.15) is 11.2 Å². The molecule has 34 heavy (non-hydrogen) atoms. The molecule has 2 nitrogen and oxygen atoms in total. The van der Waals surface area contributed by atoms with E-state index in [0.717, 1.165) is 44.7 Å². The minimum atomic E-state index is -2.36. The van der Waals surface area contributed by atoms with Crippen LogP contribution in [0.15, 0.2) is 71.3 Å². The molecular formula is C32H33NO. The van der Waals surface area contributed by atoms with Crippen molar-refractivity contribution in [2.24, 2.45) is 10.8 Å². The van der Waals surface area contributed by atoms with Crippen LogP contribution in [-0.2, 0) is 0 Å². The second kappa shape index (κ2) is 7.43. The van der Waals surface area contributed by atoms with Gasteiger partial charge in [0.15, 0.2) is 0 Å². The summed E-state index contributed by atoms with van der Waals surface area (Å²) >= 11 is 0. The number of aromatic nitrogens is 1. The minimum absolute atomic E-state index is 0.0846. The third-order valence-corrected chi connectivity index (χ3v) is 7.29. The predicted octanol–water partition coefficient (Wildman–Crippen LogP) is 9.43. The first-order valence-electron chi connectivity index (χ1n) is 14.1. The zero-order chi connectivity index (χ0) is 27.1. The number of nitrogens with zero attached hydrogens (tertiary/aromatic N) is 1. The van der Waals surface area contributed by atoms with Crippen molar-refractivity contribution >= 4 is 32.7 Å². The van der Waals surface area contributed by atoms with Crippen LogP contribution in [0.4, 0.5) is 0 Å². The minimum Gasteiger partial charge on any atom is -0.455 e. The molecule has 0 unspecified atom stereocenters. The van der Waals surface area contributed by atoms with E-state index in [9.17, 15) is 1.37 Å². The standard InChI is InChI=1S/C32H33NO/c1-20-18-33-28(15-27(20)22-16-31(2,3)19-32(4,5)17-22)26-12-8-11-24-25-14-13-21-9-6-7-10-23(21)29(25)34-30(24)26/h6-15,18,22H,16-17,19H2,1-5H3/i1D3,22D. The molecule has 0 atom stereocenters. The van der Waals surface area contributed by atoms with Gasteiger partial charge in [-0.05, 0) is 77.6 Å². The van der Waals surface area contributed by atoms with Crippen molar-refractivity contribution < 1.29 is 9.90 Å². The first-order chi connectivity index (χ1) is 17.8. The van der Waals surface area contributed by atoms with Crippen LogP contribution in [0.5, 0.6) is 0 Å². The molecule has 0 aliphatic heterocycles. The fourth-order valence-electron chi connectivity index (χ4n) is 6.45. The molecule has 0 spiro atoms. The maximum atomic E-state index is 9.69. The molecular weight excluding hydrogens is 414 g/mol. The van der Waals surface area contributed by atoms with Gasteiger partial charge in [0.05, 0.1) is 5.69 Å². The zero-order valence-corrected chi connectivity index (χ0v) is 20.3. The van der Waals surface area contributed by atoms with Gasteiger partial charge in [-0.2, -0.15) is 0 Å². The fraction of sp³-hybridized carbons (Fsp3) is 0.344. The zero-order valence-electron chi connectivity index (χ0n) is 24.3. The first-order valence-corrected chi connectivity index (χ1v) is 12.1. The summed E-state index contributed by atoms with van der Waals surface area (Å²) < 4.78 is 41.0. The van der Waals surface area contributed by atoms with Crippen molar-refractivity contribution in [2.75, 3.05) is 0 Å². The van der Waals surface area contributed by atoms with Crippen molar-refractivity contribution in [3.05, 3.63) is 78.0 Å². The molecule has 1 saturated carbocycles. The Labute approximate surface area is 207 Å². The molecule has 1 aliphatic rings. The highest BCUT2D eigenvalue weighted by Crippen LogP contribution is 2.52. The number of pyridine rings is 1. The van der Waals surface area contributed by atoms with Crippen molar-refractivity contribution in [3.8, 4) is 11.3 Å². The number of rotatable bonds is 2. The second-order valence-electron chi connectivity index (χ2n) is 11.5. The number of para-hydroxylation sites is 1. The van der Waals surface area contributed by atoms with E-state index < -0.39 is 12.7 Å². The van der Waals surface area contributed by atoms with Crippen LogP contribution in [0.2, 0.25) is 0 Å². The lowest BCUT2D eigenvalue weighted by Gasteiger charge is -2.45. The number of hydrogen-bond acceptors (Lipinski definition) is 2. The molecule has 5 aromatic rings. The number of hydrogen-bond donors (Lipinski definition) is 0. The van der Waals surface area contributed by atoms with Gasteiger partial charge < -0.3 is 4.42 Å². The Kier molecular flexibility index (Phi) is 3.79. The van der Waals surface area contributed by atoms with E-state index in [1.165, 1.54) is 6.20 Å². The van der Waals surface area contributed by atoms with Crippen LogP contribution in [0.25, 0.3) is 44.0 Å². The molecule has 0 amide bonds. The largest absolute Gasteiger partial charge is 0.455 e. The topological polar surface area (TPSA) is 26.0 Å². The van der Waals surface area contributed by atoms with Gasteiger partial charge in [0.2, 0.25) is 0 Å². The summed E-state index contributed by atoms with van der Waals surface area (Å²) in [5.74, 6) is -1.04. The Hall–Kier alpha value is -3.13. The number of aryl methyl sites for hydroxylation is 1. The highest BCUT2D eigenvalue weighted by atomic mass is 16.3. The van der Waals surface area contributed by atoms with Gasteiger partial charge >= 0.3 is 0 Å². The summed E-state index contributed by atoms with van der Waals surface area (Å²) in [6.07, 6.45) is 3.65. The fourth-order valence-corrected chi connectivity index (χ4v) is 6.45. The maximum Gasteiger partial charge on any atom is 0.144 e. The molecule has 0 saturated heterocycles. The second-order valence-corrected chi connectivity index (χ2v) is 11.5. The van der Waals surface area contributed by atoms with E-state index in [4.69, 9.17) is 8.53 Å². The molecule has 0 N–H and O–H groups in total. The smallest absolute Gasteiger partial charge is 0.144 e. The molecule has 1 fully saturated rings. The molecule has 0 radical (unpaired) electrons. The summed E-state index contributed by atoms with van der Waals surface area (Å²) in [4.78, 5) is 4.65. The van der Waals surface area contributed by atoms with Crippen LogP contribution >= 0.6 is 0 Å². The molecule has 2 heteroatoms. The van der Waals surface area contributed by atoms with E-state index >= 15 is 0 Å². The van der Waals surface area contributed by atoms with Crippen molar-refractivity contribution in [2.45, 2.75) is 59.7 Å². The van der Waals surface area contributed by atoms with E-state index in [0.29, 0.717) is 24.1 Å². The molecule has 3 aromatic carbocycles. The molecule has 172 valence electrons. The van der Waals surface area contributed by atoms with Crippen molar-refractivity contribution in [3.63, 3.8) is 0 Å². The quantitative estimate of drug-likeness (QED) is 0.267. The van der Waals surface area contributed by atoms with Gasteiger partial charge in [-0.3, -0.25) is 4.98 Å². The lowest BCUT2D eigenvalue weighted by Crippen LogP contribution is -2.33. The third kappa shape index (κ3) is 3.52. The molecule has 0 bridgehead atoms. The highest BCUT2D eigenvalue weighted by molar-refractivity contribution is 6.17. The monoisotopic (exact) mass is 451 g/mol. The summed E-state index contributed by atoms with van der Waals surface area (Å²) in [5.41, 5.74) is 3.56. The molecule has 1 aliphatic carbocycles. The summed E-state index contributed by atoms with van der Waals surface area (Å²) in [6, 6.07) is 20.2. The van der Waals surface area contributed by atoms with Crippen LogP contribution in [0.3, 0.4) is 0 Å². The van der Waals surface area contributed by atoms with Gasteiger partial charge in [-0.1, -0.05) is 70.2 Å². The molecule has 2 aromatic heterocycles. The van der Waals surface area contributed by atoms with E-state index in [-0.39, 0.29) is 16.4 Å². The normalized spacial score (nSPS) is 21.2. The summed E-state index contributed by atoms with van der Waals surface area (Å²) in [7, 11) is 0. The molecule has 6 rings (SSSR count). The van der Waals surface area contributed by atoms with Crippen LogP contribution in [-0.4, -0.2) is 4.98 Å². The predicted molar refractivity (Wildman–Crippen MR) is 143 cm³/mol. The van der Waals surface area contributed by atoms with Gasteiger partial charge in [0.25, 0.3) is 0 Å².